The molecule has 0 spiro atoms. The van der Waals surface area contributed by atoms with Crippen molar-refractivity contribution in [1.29, 1.82) is 0 Å². The molecular formula is C13H19Cl2NS. The van der Waals surface area contributed by atoms with Crippen molar-refractivity contribution >= 4 is 35.0 Å². The SMILES string of the molecule is CC(C)(C)SCC(N)Cc1cc(Cl)ccc1Cl. The van der Waals surface area contributed by atoms with Gasteiger partial charge < -0.3 is 5.73 Å². The second-order valence-electron chi connectivity index (χ2n) is 5.12. The maximum absolute atomic E-state index is 6.11. The molecule has 0 heterocycles. The Bertz CT molecular complexity index is 374. The van der Waals surface area contributed by atoms with Crippen molar-refractivity contribution < 1.29 is 0 Å². The number of halogens is 2. The number of hydrogen-bond acceptors (Lipinski definition) is 2. The normalized spacial score (nSPS) is 13.8. The highest BCUT2D eigenvalue weighted by atomic mass is 35.5. The van der Waals surface area contributed by atoms with Gasteiger partial charge in [0, 0.05) is 26.6 Å². The Morgan fingerprint density at radius 3 is 2.53 bits per heavy atom. The lowest BCUT2D eigenvalue weighted by Gasteiger charge is -2.21. The van der Waals surface area contributed by atoms with Crippen LogP contribution in [0.4, 0.5) is 0 Å². The zero-order chi connectivity index (χ0) is 13.1. The first-order chi connectivity index (χ1) is 7.78. The first-order valence-electron chi connectivity index (χ1n) is 5.61. The summed E-state index contributed by atoms with van der Waals surface area (Å²) >= 11 is 13.9. The first kappa shape index (κ1) is 15.2. The highest BCUT2D eigenvalue weighted by Gasteiger charge is 2.14. The first-order valence-corrected chi connectivity index (χ1v) is 7.35. The molecule has 17 heavy (non-hydrogen) atoms. The van der Waals surface area contributed by atoms with Crippen molar-refractivity contribution in [2.24, 2.45) is 5.73 Å². The summed E-state index contributed by atoms with van der Waals surface area (Å²) in [5.74, 6) is 0.923. The molecule has 4 heteroatoms. The third kappa shape index (κ3) is 6.01. The molecule has 0 amide bonds. The maximum atomic E-state index is 6.11. The number of nitrogens with two attached hydrogens (primary N) is 1. The summed E-state index contributed by atoms with van der Waals surface area (Å²) in [5.41, 5.74) is 7.14. The molecule has 1 nitrogen and oxygen atoms in total. The number of benzene rings is 1. The summed E-state index contributed by atoms with van der Waals surface area (Å²) in [6, 6.07) is 5.62. The molecule has 0 radical (unpaired) electrons. The van der Waals surface area contributed by atoms with Gasteiger partial charge in [-0.25, -0.2) is 0 Å². The van der Waals surface area contributed by atoms with Gasteiger partial charge in [-0.1, -0.05) is 44.0 Å². The smallest absolute Gasteiger partial charge is 0.0439 e. The van der Waals surface area contributed by atoms with Crippen molar-refractivity contribution in [3.05, 3.63) is 33.8 Å². The number of thioether (sulfide) groups is 1. The average molecular weight is 292 g/mol. The van der Waals surface area contributed by atoms with E-state index in [2.05, 4.69) is 20.8 Å². The van der Waals surface area contributed by atoms with Gasteiger partial charge in [0.25, 0.3) is 0 Å². The van der Waals surface area contributed by atoms with Gasteiger partial charge in [0.2, 0.25) is 0 Å². The lowest BCUT2D eigenvalue weighted by atomic mass is 10.1. The summed E-state index contributed by atoms with van der Waals surface area (Å²) in [6.45, 7) is 6.57. The molecule has 0 saturated heterocycles. The summed E-state index contributed by atoms with van der Waals surface area (Å²) in [5, 5.41) is 1.45. The van der Waals surface area contributed by atoms with Gasteiger partial charge in [0.1, 0.15) is 0 Å². The highest BCUT2D eigenvalue weighted by Crippen LogP contribution is 2.26. The molecule has 2 N–H and O–H groups in total. The molecular weight excluding hydrogens is 273 g/mol. The quantitative estimate of drug-likeness (QED) is 0.890. The van der Waals surface area contributed by atoms with Crippen LogP contribution in [-0.4, -0.2) is 16.5 Å². The Labute approximate surface area is 118 Å². The molecule has 0 bridgehead atoms. The third-order valence-corrected chi connectivity index (χ3v) is 4.28. The van der Waals surface area contributed by atoms with Gasteiger partial charge in [-0.2, -0.15) is 11.8 Å². The van der Waals surface area contributed by atoms with E-state index in [0.29, 0.717) is 5.02 Å². The molecule has 1 rings (SSSR count). The standard InChI is InChI=1S/C13H19Cl2NS/c1-13(2,3)17-8-11(16)7-9-6-10(14)4-5-12(9)15/h4-6,11H,7-8,16H2,1-3H3. The third-order valence-electron chi connectivity index (χ3n) is 2.22. The van der Waals surface area contributed by atoms with Crippen LogP contribution in [0.5, 0.6) is 0 Å². The van der Waals surface area contributed by atoms with Crippen LogP contribution in [-0.2, 0) is 6.42 Å². The minimum absolute atomic E-state index is 0.107. The van der Waals surface area contributed by atoms with E-state index in [-0.39, 0.29) is 10.8 Å². The van der Waals surface area contributed by atoms with Crippen molar-refractivity contribution in [3.63, 3.8) is 0 Å². The van der Waals surface area contributed by atoms with Crippen molar-refractivity contribution in [1.82, 2.24) is 0 Å². The van der Waals surface area contributed by atoms with Crippen LogP contribution in [0.3, 0.4) is 0 Å². The second kappa shape index (κ2) is 6.33. The van der Waals surface area contributed by atoms with E-state index in [0.717, 1.165) is 22.8 Å². The molecule has 0 aliphatic carbocycles. The van der Waals surface area contributed by atoms with Crippen molar-refractivity contribution in [2.45, 2.75) is 38.0 Å². The van der Waals surface area contributed by atoms with E-state index >= 15 is 0 Å². The summed E-state index contributed by atoms with van der Waals surface area (Å²) in [7, 11) is 0. The van der Waals surface area contributed by atoms with Gasteiger partial charge in [-0.05, 0) is 30.2 Å². The lowest BCUT2D eigenvalue weighted by molar-refractivity contribution is 0.734. The Kier molecular flexibility index (Phi) is 5.65. The predicted octanol–water partition coefficient (Wildman–Crippen LogP) is 4.39. The van der Waals surface area contributed by atoms with Gasteiger partial charge in [-0.15, -0.1) is 0 Å². The molecule has 1 atom stereocenters. The van der Waals surface area contributed by atoms with E-state index in [1.165, 1.54) is 0 Å². The molecule has 96 valence electrons. The van der Waals surface area contributed by atoms with Crippen LogP contribution in [0.15, 0.2) is 18.2 Å². The molecule has 0 aliphatic heterocycles. The van der Waals surface area contributed by atoms with E-state index in [1.54, 1.807) is 6.07 Å². The number of hydrogen-bond donors (Lipinski definition) is 1. The van der Waals surface area contributed by atoms with Crippen LogP contribution in [0.2, 0.25) is 10.0 Å². The minimum atomic E-state index is 0.107. The molecule has 0 aliphatic rings. The summed E-state index contributed by atoms with van der Waals surface area (Å²) < 4.78 is 0.246. The Morgan fingerprint density at radius 1 is 1.29 bits per heavy atom. The topological polar surface area (TPSA) is 26.0 Å². The van der Waals surface area contributed by atoms with Crippen LogP contribution in [0, 0.1) is 0 Å². The minimum Gasteiger partial charge on any atom is -0.327 e. The highest BCUT2D eigenvalue weighted by molar-refractivity contribution is 8.00. The molecule has 1 unspecified atom stereocenters. The van der Waals surface area contributed by atoms with E-state index in [4.69, 9.17) is 28.9 Å². The molecule has 1 aromatic carbocycles. The Morgan fingerprint density at radius 2 is 1.94 bits per heavy atom. The average Bonchev–Trinajstić information content (AvgIpc) is 2.20. The van der Waals surface area contributed by atoms with E-state index in [9.17, 15) is 0 Å². The predicted molar refractivity (Wildman–Crippen MR) is 80.4 cm³/mol. The Hall–Kier alpha value is 0.110. The summed E-state index contributed by atoms with van der Waals surface area (Å²) in [6.07, 6.45) is 0.766. The fourth-order valence-corrected chi connectivity index (χ4v) is 2.62. The lowest BCUT2D eigenvalue weighted by Crippen LogP contribution is -2.28. The monoisotopic (exact) mass is 291 g/mol. The number of rotatable bonds is 4. The zero-order valence-corrected chi connectivity index (χ0v) is 12.8. The molecule has 0 fully saturated rings. The van der Waals surface area contributed by atoms with Gasteiger partial charge in [0.05, 0.1) is 0 Å². The molecule has 0 saturated carbocycles. The zero-order valence-electron chi connectivity index (χ0n) is 10.5. The van der Waals surface area contributed by atoms with Gasteiger partial charge >= 0.3 is 0 Å². The fourth-order valence-electron chi connectivity index (χ4n) is 1.40. The molecule has 1 aromatic rings. The van der Waals surface area contributed by atoms with Crippen LogP contribution < -0.4 is 5.73 Å². The maximum Gasteiger partial charge on any atom is 0.0439 e. The van der Waals surface area contributed by atoms with Crippen LogP contribution in [0.25, 0.3) is 0 Å². The fraction of sp³-hybridized carbons (Fsp3) is 0.538. The van der Waals surface area contributed by atoms with Gasteiger partial charge in [0.15, 0.2) is 0 Å². The second-order valence-corrected chi connectivity index (χ2v) is 7.81. The largest absolute Gasteiger partial charge is 0.327 e. The van der Waals surface area contributed by atoms with Crippen LogP contribution >= 0.6 is 35.0 Å². The van der Waals surface area contributed by atoms with Crippen LogP contribution in [0.1, 0.15) is 26.3 Å². The van der Waals surface area contributed by atoms with E-state index in [1.807, 2.05) is 23.9 Å². The summed E-state index contributed by atoms with van der Waals surface area (Å²) in [4.78, 5) is 0. The van der Waals surface area contributed by atoms with Crippen molar-refractivity contribution in [3.8, 4) is 0 Å². The molecule has 0 aromatic heterocycles. The Balaban J connectivity index is 2.56. The van der Waals surface area contributed by atoms with E-state index < -0.39 is 0 Å². The van der Waals surface area contributed by atoms with Crippen molar-refractivity contribution in [2.75, 3.05) is 5.75 Å². The van der Waals surface area contributed by atoms with Gasteiger partial charge in [-0.3, -0.25) is 0 Å².